The molecule has 1 aliphatic rings. The van der Waals surface area contributed by atoms with E-state index in [4.69, 9.17) is 11.6 Å². The molecule has 0 saturated carbocycles. The molecule has 0 radical (unpaired) electrons. The lowest BCUT2D eigenvalue weighted by Crippen LogP contribution is -2.50. The van der Waals surface area contributed by atoms with Crippen LogP contribution in [0.15, 0.2) is 48.8 Å². The fourth-order valence-electron chi connectivity index (χ4n) is 3.14. The third kappa shape index (κ3) is 4.63. The number of aromatic nitrogens is 1. The van der Waals surface area contributed by atoms with E-state index in [-0.39, 0.29) is 12.1 Å². The molecule has 1 aromatic carbocycles. The second-order valence-electron chi connectivity index (χ2n) is 6.40. The van der Waals surface area contributed by atoms with E-state index in [0.29, 0.717) is 6.54 Å². The Labute approximate surface area is 153 Å². The van der Waals surface area contributed by atoms with Crippen LogP contribution in [-0.4, -0.2) is 42.1 Å². The van der Waals surface area contributed by atoms with Gasteiger partial charge in [0.25, 0.3) is 0 Å². The van der Waals surface area contributed by atoms with Crippen molar-refractivity contribution in [1.82, 2.24) is 15.2 Å². The molecule has 1 atom stereocenters. The number of benzene rings is 1. The average molecular weight is 359 g/mol. The molecule has 5 nitrogen and oxygen atoms in total. The normalized spacial score (nSPS) is 17.2. The molecule has 6 heteroatoms. The quantitative estimate of drug-likeness (QED) is 0.909. The van der Waals surface area contributed by atoms with Crippen LogP contribution in [0.3, 0.4) is 0 Å². The lowest BCUT2D eigenvalue weighted by atomic mass is 10.0. The minimum absolute atomic E-state index is 0.0603. The van der Waals surface area contributed by atoms with Crippen molar-refractivity contribution in [2.24, 2.45) is 0 Å². The Balaban J connectivity index is 1.57. The summed E-state index contributed by atoms with van der Waals surface area (Å²) in [5, 5.41) is 3.89. The number of anilines is 1. The molecule has 1 N–H and O–H groups in total. The van der Waals surface area contributed by atoms with Crippen LogP contribution in [0.5, 0.6) is 0 Å². The van der Waals surface area contributed by atoms with E-state index in [0.717, 1.165) is 42.2 Å². The summed E-state index contributed by atoms with van der Waals surface area (Å²) < 4.78 is 0. The summed E-state index contributed by atoms with van der Waals surface area (Å²) in [4.78, 5) is 20.5. The average Bonchev–Trinajstić information content (AvgIpc) is 2.63. The number of carbonyl (C=O) groups is 1. The van der Waals surface area contributed by atoms with E-state index in [1.165, 1.54) is 0 Å². The molecule has 2 heterocycles. The summed E-state index contributed by atoms with van der Waals surface area (Å²) in [5.41, 5.74) is 2.05. The third-order valence-corrected chi connectivity index (χ3v) is 4.75. The van der Waals surface area contributed by atoms with Crippen LogP contribution in [0.1, 0.15) is 18.4 Å². The molecule has 1 saturated heterocycles. The fraction of sp³-hybridized carbons (Fsp3) is 0.368. The summed E-state index contributed by atoms with van der Waals surface area (Å²) in [7, 11) is 1.80. The van der Waals surface area contributed by atoms with Gasteiger partial charge in [-0.25, -0.2) is 4.79 Å². The number of piperidine rings is 1. The van der Waals surface area contributed by atoms with Crippen molar-refractivity contribution in [3.63, 3.8) is 0 Å². The highest BCUT2D eigenvalue weighted by Crippen LogP contribution is 2.27. The molecular formula is C19H23ClN4O. The summed E-state index contributed by atoms with van der Waals surface area (Å²) in [5.74, 6) is 0. The predicted octanol–water partition coefficient (Wildman–Crippen LogP) is 3.55. The molecule has 25 heavy (non-hydrogen) atoms. The third-order valence-electron chi connectivity index (χ3n) is 4.43. The zero-order chi connectivity index (χ0) is 17.6. The Hall–Kier alpha value is -2.27. The van der Waals surface area contributed by atoms with Crippen molar-refractivity contribution < 1.29 is 4.79 Å². The number of nitrogens with one attached hydrogen (secondary N) is 1. The number of para-hydroxylation sites is 1. The van der Waals surface area contributed by atoms with E-state index in [2.05, 4.69) is 15.2 Å². The van der Waals surface area contributed by atoms with Crippen LogP contribution < -0.4 is 10.2 Å². The van der Waals surface area contributed by atoms with Gasteiger partial charge in [-0.1, -0.05) is 29.8 Å². The number of carbonyl (C=O) groups excluding carboxylic acids is 1. The van der Waals surface area contributed by atoms with Crippen molar-refractivity contribution in [2.45, 2.75) is 25.4 Å². The molecule has 1 unspecified atom stereocenters. The van der Waals surface area contributed by atoms with Crippen LogP contribution in [0.2, 0.25) is 5.02 Å². The highest BCUT2D eigenvalue weighted by molar-refractivity contribution is 6.33. The smallest absolute Gasteiger partial charge is 0.317 e. The zero-order valence-electron chi connectivity index (χ0n) is 14.4. The molecule has 3 rings (SSSR count). The Morgan fingerprint density at radius 2 is 2.20 bits per heavy atom. The van der Waals surface area contributed by atoms with Gasteiger partial charge in [-0.05, 0) is 36.6 Å². The van der Waals surface area contributed by atoms with Gasteiger partial charge < -0.3 is 15.1 Å². The number of amides is 2. The number of pyridine rings is 1. The molecule has 2 aromatic rings. The van der Waals surface area contributed by atoms with Crippen LogP contribution in [0, 0.1) is 0 Å². The number of rotatable bonds is 4. The fourth-order valence-corrected chi connectivity index (χ4v) is 3.40. The van der Waals surface area contributed by atoms with Gasteiger partial charge in [-0.3, -0.25) is 4.98 Å². The monoisotopic (exact) mass is 358 g/mol. The second kappa shape index (κ2) is 8.21. The Kier molecular flexibility index (Phi) is 5.76. The molecule has 0 aliphatic carbocycles. The van der Waals surface area contributed by atoms with E-state index in [1.54, 1.807) is 24.3 Å². The standard InChI is InChI=1S/C19H23ClN4O/c1-23(13-15-6-4-10-21-12-15)19(25)22-16-7-5-11-24(14-16)18-9-3-2-8-17(18)20/h2-4,6,8-10,12,16H,5,7,11,13-14H2,1H3,(H,22,25). The van der Waals surface area contributed by atoms with E-state index >= 15 is 0 Å². The zero-order valence-corrected chi connectivity index (χ0v) is 15.1. The van der Waals surface area contributed by atoms with Gasteiger partial charge in [0, 0.05) is 45.1 Å². The highest BCUT2D eigenvalue weighted by atomic mass is 35.5. The maximum atomic E-state index is 12.5. The van der Waals surface area contributed by atoms with Gasteiger partial charge >= 0.3 is 6.03 Å². The molecular weight excluding hydrogens is 336 g/mol. The van der Waals surface area contributed by atoms with Crippen molar-refractivity contribution >= 4 is 23.3 Å². The van der Waals surface area contributed by atoms with Crippen molar-refractivity contribution in [1.29, 1.82) is 0 Å². The number of hydrogen-bond donors (Lipinski definition) is 1. The first-order valence-electron chi connectivity index (χ1n) is 8.53. The number of urea groups is 1. The van der Waals surface area contributed by atoms with Gasteiger partial charge in [-0.15, -0.1) is 0 Å². The first-order valence-corrected chi connectivity index (χ1v) is 8.91. The lowest BCUT2D eigenvalue weighted by Gasteiger charge is -2.36. The summed E-state index contributed by atoms with van der Waals surface area (Å²) in [6, 6.07) is 11.8. The van der Waals surface area contributed by atoms with Crippen LogP contribution in [-0.2, 0) is 6.54 Å². The molecule has 2 amide bonds. The van der Waals surface area contributed by atoms with Gasteiger partial charge in [0.2, 0.25) is 0 Å². The minimum atomic E-state index is -0.0603. The first-order chi connectivity index (χ1) is 12.1. The van der Waals surface area contributed by atoms with Gasteiger partial charge in [0.05, 0.1) is 10.7 Å². The molecule has 1 fully saturated rings. The highest BCUT2D eigenvalue weighted by Gasteiger charge is 2.23. The first kappa shape index (κ1) is 17.5. The Bertz CT molecular complexity index is 710. The van der Waals surface area contributed by atoms with Crippen molar-refractivity contribution in [3.8, 4) is 0 Å². The van der Waals surface area contributed by atoms with Crippen molar-refractivity contribution in [3.05, 3.63) is 59.4 Å². The van der Waals surface area contributed by atoms with E-state index in [9.17, 15) is 4.79 Å². The maximum Gasteiger partial charge on any atom is 0.317 e. The summed E-state index contributed by atoms with van der Waals surface area (Å²) >= 11 is 6.31. The second-order valence-corrected chi connectivity index (χ2v) is 6.81. The topological polar surface area (TPSA) is 48.5 Å². The van der Waals surface area contributed by atoms with Gasteiger partial charge in [0.1, 0.15) is 0 Å². The SMILES string of the molecule is CN(Cc1cccnc1)C(=O)NC1CCCN(c2ccccc2Cl)C1. The Morgan fingerprint density at radius 3 is 2.96 bits per heavy atom. The van der Waals surface area contributed by atoms with Gasteiger partial charge in [-0.2, -0.15) is 0 Å². The summed E-state index contributed by atoms with van der Waals surface area (Å²) in [6.07, 6.45) is 5.52. The van der Waals surface area contributed by atoms with Crippen molar-refractivity contribution in [2.75, 3.05) is 25.0 Å². The lowest BCUT2D eigenvalue weighted by molar-refractivity contribution is 0.201. The molecule has 1 aliphatic heterocycles. The maximum absolute atomic E-state index is 12.5. The molecule has 0 spiro atoms. The predicted molar refractivity (Wildman–Crippen MR) is 101 cm³/mol. The molecule has 132 valence electrons. The molecule has 0 bridgehead atoms. The minimum Gasteiger partial charge on any atom is -0.368 e. The number of hydrogen-bond acceptors (Lipinski definition) is 3. The largest absolute Gasteiger partial charge is 0.368 e. The van der Waals surface area contributed by atoms with Gasteiger partial charge in [0.15, 0.2) is 0 Å². The Morgan fingerprint density at radius 1 is 1.36 bits per heavy atom. The van der Waals surface area contributed by atoms with Crippen LogP contribution in [0.25, 0.3) is 0 Å². The number of nitrogens with zero attached hydrogens (tertiary/aromatic N) is 3. The van der Waals surface area contributed by atoms with Crippen LogP contribution >= 0.6 is 11.6 Å². The van der Waals surface area contributed by atoms with E-state index < -0.39 is 0 Å². The number of halogens is 1. The summed E-state index contributed by atoms with van der Waals surface area (Å²) in [6.45, 7) is 2.28. The molecule has 1 aromatic heterocycles. The van der Waals surface area contributed by atoms with Crippen LogP contribution in [0.4, 0.5) is 10.5 Å². The van der Waals surface area contributed by atoms with E-state index in [1.807, 2.05) is 36.4 Å².